The summed E-state index contributed by atoms with van der Waals surface area (Å²) in [6.07, 6.45) is 9.27. The molecular weight excluding hydrogens is 506 g/mol. The molecule has 1 aliphatic heterocycles. The number of aryl methyl sites for hydroxylation is 1. The summed E-state index contributed by atoms with van der Waals surface area (Å²) < 4.78 is 29.7. The predicted octanol–water partition coefficient (Wildman–Crippen LogP) is 5.19. The molecule has 0 unspecified atom stereocenters. The minimum Gasteiger partial charge on any atom is -0.467 e. The van der Waals surface area contributed by atoms with E-state index >= 15 is 0 Å². The first-order valence-electron chi connectivity index (χ1n) is 12.6. The molecule has 8 nitrogen and oxygen atoms in total. The van der Waals surface area contributed by atoms with E-state index in [-0.39, 0.29) is 6.10 Å². The Labute approximate surface area is 221 Å². The Morgan fingerprint density at radius 2 is 1.76 bits per heavy atom. The van der Waals surface area contributed by atoms with Gasteiger partial charge in [0.05, 0.1) is 10.6 Å². The molecule has 1 atom stereocenters. The number of fused-ring (bicyclic) bond motifs is 1. The van der Waals surface area contributed by atoms with E-state index in [4.69, 9.17) is 9.72 Å². The molecule has 3 aromatic heterocycles. The molecule has 0 aliphatic carbocycles. The van der Waals surface area contributed by atoms with Crippen LogP contribution < -0.4 is 9.64 Å². The number of piperidine rings is 1. The summed E-state index contributed by atoms with van der Waals surface area (Å²) in [4.78, 5) is 21.9. The fourth-order valence-corrected chi connectivity index (χ4v) is 6.14. The topological polar surface area (TPSA) is 98.2 Å². The van der Waals surface area contributed by atoms with Gasteiger partial charge in [-0.2, -0.15) is 0 Å². The fraction of sp³-hybridized carbons (Fsp3) is 0.407. The Kier molecular flexibility index (Phi) is 7.39. The third-order valence-electron chi connectivity index (χ3n) is 6.82. The molecule has 10 heteroatoms. The Balaban J connectivity index is 1.21. The lowest BCUT2D eigenvalue weighted by Crippen LogP contribution is -2.39. The Bertz CT molecular complexity index is 1460. The first-order valence-corrected chi connectivity index (χ1v) is 15.3. The van der Waals surface area contributed by atoms with E-state index in [2.05, 4.69) is 33.7 Å². The average molecular weight is 538 g/mol. The van der Waals surface area contributed by atoms with Crippen molar-refractivity contribution in [3.05, 3.63) is 54.4 Å². The van der Waals surface area contributed by atoms with Crippen LogP contribution in [0, 0.1) is 5.92 Å². The number of benzene rings is 1. The highest BCUT2D eigenvalue weighted by atomic mass is 32.2. The Morgan fingerprint density at radius 3 is 2.41 bits per heavy atom. The van der Waals surface area contributed by atoms with E-state index in [0.29, 0.717) is 16.0 Å². The number of sulfone groups is 1. The summed E-state index contributed by atoms with van der Waals surface area (Å²) >= 11 is 1.44. The van der Waals surface area contributed by atoms with Gasteiger partial charge in [0.1, 0.15) is 16.5 Å². The molecule has 1 aliphatic rings. The molecule has 0 saturated carbocycles. The number of nitrogens with zero attached hydrogens (tertiary/aromatic N) is 5. The third kappa shape index (κ3) is 5.91. The highest BCUT2D eigenvalue weighted by Crippen LogP contribution is 2.32. The molecule has 0 spiro atoms. The van der Waals surface area contributed by atoms with E-state index in [9.17, 15) is 8.42 Å². The van der Waals surface area contributed by atoms with Gasteiger partial charge in [0.15, 0.2) is 9.84 Å². The van der Waals surface area contributed by atoms with Crippen molar-refractivity contribution in [3.8, 4) is 16.5 Å². The van der Waals surface area contributed by atoms with Gasteiger partial charge in [-0.05, 0) is 61.9 Å². The van der Waals surface area contributed by atoms with Gasteiger partial charge in [-0.1, -0.05) is 36.8 Å². The Hall–Kier alpha value is -3.11. The molecular formula is C27H31N5O3S2. The number of rotatable bonds is 8. The van der Waals surface area contributed by atoms with Gasteiger partial charge in [0.2, 0.25) is 5.95 Å². The lowest BCUT2D eigenvalue weighted by molar-refractivity contribution is 0.132. The van der Waals surface area contributed by atoms with Gasteiger partial charge >= 0.3 is 0 Å². The van der Waals surface area contributed by atoms with Crippen LogP contribution in [0.5, 0.6) is 5.19 Å². The second kappa shape index (κ2) is 10.7. The molecule has 1 saturated heterocycles. The van der Waals surface area contributed by atoms with Crippen LogP contribution in [0.3, 0.4) is 0 Å². The molecule has 0 amide bonds. The molecule has 5 rings (SSSR count). The van der Waals surface area contributed by atoms with Gasteiger partial charge < -0.3 is 9.64 Å². The molecule has 0 N–H and O–H groups in total. The first kappa shape index (κ1) is 25.5. The third-order valence-corrected chi connectivity index (χ3v) is 8.80. The normalized spacial score (nSPS) is 15.7. The quantitative estimate of drug-likeness (QED) is 0.303. The molecule has 1 fully saturated rings. The zero-order valence-electron chi connectivity index (χ0n) is 21.3. The number of pyridine rings is 1. The lowest BCUT2D eigenvalue weighted by Gasteiger charge is -2.34. The second-order valence-electron chi connectivity index (χ2n) is 9.59. The average Bonchev–Trinajstić information content (AvgIpc) is 3.30. The van der Waals surface area contributed by atoms with Crippen LogP contribution in [0.15, 0.2) is 53.7 Å². The largest absolute Gasteiger partial charge is 0.467 e. The maximum atomic E-state index is 11.7. The van der Waals surface area contributed by atoms with E-state index in [1.165, 1.54) is 23.2 Å². The predicted molar refractivity (Wildman–Crippen MR) is 147 cm³/mol. The van der Waals surface area contributed by atoms with Crippen molar-refractivity contribution in [1.29, 1.82) is 0 Å². The van der Waals surface area contributed by atoms with Crippen molar-refractivity contribution in [2.45, 2.75) is 50.5 Å². The number of hydrogen-bond donors (Lipinski definition) is 0. The summed E-state index contributed by atoms with van der Waals surface area (Å²) in [5.74, 6) is 1.24. The Morgan fingerprint density at radius 1 is 1.05 bits per heavy atom. The van der Waals surface area contributed by atoms with Crippen molar-refractivity contribution < 1.29 is 13.2 Å². The van der Waals surface area contributed by atoms with E-state index in [1.807, 2.05) is 24.5 Å². The molecule has 0 bridgehead atoms. The SMILES string of the molecule is CCCc1cnc(N2CCC([C@@H](C)Oc3nc4ccc(-c5ccc(S(C)(=O)=O)cc5)nc4s3)CC2)nc1. The summed E-state index contributed by atoms with van der Waals surface area (Å²) in [7, 11) is -3.23. The minimum absolute atomic E-state index is 0.0403. The van der Waals surface area contributed by atoms with Crippen LogP contribution in [0.1, 0.15) is 38.7 Å². The summed E-state index contributed by atoms with van der Waals surface area (Å²) in [6, 6.07) is 10.6. The fourth-order valence-electron chi connectivity index (χ4n) is 4.63. The van der Waals surface area contributed by atoms with Crippen molar-refractivity contribution in [3.63, 3.8) is 0 Å². The van der Waals surface area contributed by atoms with E-state index in [1.54, 1.807) is 24.3 Å². The van der Waals surface area contributed by atoms with Crippen LogP contribution in [-0.4, -0.2) is 53.8 Å². The molecule has 37 heavy (non-hydrogen) atoms. The molecule has 194 valence electrons. The standard InChI is InChI=1S/C27H31N5O3S2/c1-4-5-19-16-28-26(29-17-19)32-14-12-20(13-15-32)18(2)35-27-31-24-11-10-23(30-25(24)36-27)21-6-8-22(9-7-21)37(3,33)34/h6-11,16-18,20H,4-5,12-15H2,1-3H3/t18-/m1/s1. The molecule has 4 heterocycles. The smallest absolute Gasteiger partial charge is 0.276 e. The minimum atomic E-state index is -3.23. The van der Waals surface area contributed by atoms with E-state index < -0.39 is 9.84 Å². The van der Waals surface area contributed by atoms with Crippen LogP contribution in [0.4, 0.5) is 5.95 Å². The summed E-state index contributed by atoms with van der Waals surface area (Å²) in [5, 5.41) is 0.622. The molecule has 0 radical (unpaired) electrons. The van der Waals surface area contributed by atoms with Gasteiger partial charge in [-0.25, -0.2) is 28.4 Å². The highest BCUT2D eigenvalue weighted by Gasteiger charge is 2.27. The first-order chi connectivity index (χ1) is 17.8. The second-order valence-corrected chi connectivity index (χ2v) is 12.5. The van der Waals surface area contributed by atoms with Gasteiger partial charge in [0.25, 0.3) is 5.19 Å². The maximum absolute atomic E-state index is 11.7. The van der Waals surface area contributed by atoms with Crippen LogP contribution in [0.25, 0.3) is 21.6 Å². The molecule has 4 aromatic rings. The van der Waals surface area contributed by atoms with Crippen molar-refractivity contribution in [2.75, 3.05) is 24.2 Å². The van der Waals surface area contributed by atoms with E-state index in [0.717, 1.165) is 66.3 Å². The number of thiazole rings is 1. The summed E-state index contributed by atoms with van der Waals surface area (Å²) in [5.41, 5.74) is 3.61. The molecule has 1 aromatic carbocycles. The summed E-state index contributed by atoms with van der Waals surface area (Å²) in [6.45, 7) is 6.10. The maximum Gasteiger partial charge on any atom is 0.276 e. The van der Waals surface area contributed by atoms with Gasteiger partial charge in [-0.3, -0.25) is 0 Å². The highest BCUT2D eigenvalue weighted by molar-refractivity contribution is 7.90. The van der Waals surface area contributed by atoms with Crippen molar-refractivity contribution in [1.82, 2.24) is 19.9 Å². The van der Waals surface area contributed by atoms with Crippen LogP contribution >= 0.6 is 11.3 Å². The van der Waals surface area contributed by atoms with Gasteiger partial charge in [0, 0.05) is 37.3 Å². The van der Waals surface area contributed by atoms with Gasteiger partial charge in [-0.15, -0.1) is 0 Å². The van der Waals surface area contributed by atoms with Crippen LogP contribution in [0.2, 0.25) is 0 Å². The number of anilines is 1. The van der Waals surface area contributed by atoms with Crippen molar-refractivity contribution >= 4 is 37.5 Å². The zero-order valence-corrected chi connectivity index (χ0v) is 22.9. The van der Waals surface area contributed by atoms with Crippen molar-refractivity contribution in [2.24, 2.45) is 5.92 Å². The number of ether oxygens (including phenoxy) is 1. The number of aromatic nitrogens is 4. The monoisotopic (exact) mass is 537 g/mol. The lowest BCUT2D eigenvalue weighted by atomic mass is 9.92. The number of hydrogen-bond acceptors (Lipinski definition) is 9. The van der Waals surface area contributed by atoms with Crippen LogP contribution in [-0.2, 0) is 16.3 Å². The zero-order chi connectivity index (χ0) is 26.0.